The number of anilines is 1. The number of piperidine rings is 1. The Bertz CT molecular complexity index is 559. The van der Waals surface area contributed by atoms with E-state index in [0.717, 1.165) is 38.6 Å². The van der Waals surface area contributed by atoms with Crippen LogP contribution in [-0.4, -0.2) is 41.5 Å². The van der Waals surface area contributed by atoms with Crippen LogP contribution in [0.4, 0.5) is 5.69 Å². The average Bonchev–Trinajstić information content (AvgIpc) is 2.61. The number of unbranched alkanes of at least 4 members (excludes halogenated alkanes) is 2. The van der Waals surface area contributed by atoms with E-state index in [1.807, 2.05) is 0 Å². The molecule has 5 nitrogen and oxygen atoms in total. The van der Waals surface area contributed by atoms with Crippen LogP contribution in [0.15, 0.2) is 24.3 Å². The van der Waals surface area contributed by atoms with Crippen LogP contribution < -0.4 is 5.32 Å². The molecule has 0 aromatic heterocycles. The number of carbonyl (C=O) groups is 2. The van der Waals surface area contributed by atoms with Crippen molar-refractivity contribution < 1.29 is 14.7 Å². The van der Waals surface area contributed by atoms with Crippen molar-refractivity contribution >= 4 is 17.5 Å². The van der Waals surface area contributed by atoms with E-state index < -0.39 is 0 Å². The second-order valence-electron chi connectivity index (χ2n) is 6.53. The van der Waals surface area contributed by atoms with Gasteiger partial charge in [0.2, 0.25) is 5.91 Å². The number of amides is 2. The molecule has 1 aromatic carbocycles. The van der Waals surface area contributed by atoms with Crippen LogP contribution in [-0.2, 0) is 4.79 Å². The average molecular weight is 332 g/mol. The summed E-state index contributed by atoms with van der Waals surface area (Å²) < 4.78 is 0. The van der Waals surface area contributed by atoms with E-state index in [-0.39, 0.29) is 24.3 Å². The van der Waals surface area contributed by atoms with Gasteiger partial charge in [0.1, 0.15) is 0 Å². The molecule has 2 rings (SSSR count). The van der Waals surface area contributed by atoms with Crippen molar-refractivity contribution in [1.29, 1.82) is 0 Å². The number of hydrogen-bond donors (Lipinski definition) is 2. The van der Waals surface area contributed by atoms with Gasteiger partial charge in [0.05, 0.1) is 0 Å². The maximum Gasteiger partial charge on any atom is 0.253 e. The zero-order chi connectivity index (χ0) is 17.4. The van der Waals surface area contributed by atoms with Crippen molar-refractivity contribution in [1.82, 2.24) is 4.90 Å². The van der Waals surface area contributed by atoms with Crippen LogP contribution in [0, 0.1) is 5.92 Å². The van der Waals surface area contributed by atoms with Gasteiger partial charge in [-0.2, -0.15) is 0 Å². The third kappa shape index (κ3) is 5.34. The van der Waals surface area contributed by atoms with E-state index in [4.69, 9.17) is 0 Å². The molecule has 1 aliphatic heterocycles. The first-order valence-corrected chi connectivity index (χ1v) is 8.94. The fourth-order valence-electron chi connectivity index (χ4n) is 3.07. The summed E-state index contributed by atoms with van der Waals surface area (Å²) in [6.45, 7) is 3.55. The summed E-state index contributed by atoms with van der Waals surface area (Å²) in [5, 5.41) is 12.2. The molecule has 0 radical (unpaired) electrons. The molecule has 5 heteroatoms. The topological polar surface area (TPSA) is 69.6 Å². The predicted octanol–water partition coefficient (Wildman–Crippen LogP) is 3.05. The Balaban J connectivity index is 1.96. The fourth-order valence-corrected chi connectivity index (χ4v) is 3.07. The molecule has 2 amide bonds. The quantitative estimate of drug-likeness (QED) is 0.754. The Kier molecular flexibility index (Phi) is 7.25. The maximum absolute atomic E-state index is 12.6. The highest BCUT2D eigenvalue weighted by atomic mass is 16.3. The lowest BCUT2D eigenvalue weighted by Gasteiger charge is -2.32. The molecule has 0 spiro atoms. The highest BCUT2D eigenvalue weighted by Gasteiger charge is 2.24. The van der Waals surface area contributed by atoms with Crippen molar-refractivity contribution in [2.75, 3.05) is 25.0 Å². The zero-order valence-electron chi connectivity index (χ0n) is 14.5. The smallest absolute Gasteiger partial charge is 0.253 e. The molecule has 1 aliphatic rings. The number of benzene rings is 1. The van der Waals surface area contributed by atoms with Gasteiger partial charge in [-0.3, -0.25) is 9.59 Å². The van der Waals surface area contributed by atoms with Crippen LogP contribution >= 0.6 is 0 Å². The Morgan fingerprint density at radius 2 is 2.17 bits per heavy atom. The van der Waals surface area contributed by atoms with Crippen LogP contribution in [0.3, 0.4) is 0 Å². The minimum absolute atomic E-state index is 0.00799. The third-order valence-electron chi connectivity index (χ3n) is 4.47. The third-order valence-corrected chi connectivity index (χ3v) is 4.47. The molecule has 0 saturated carbocycles. The number of likely N-dealkylation sites (tertiary alicyclic amines) is 1. The first-order chi connectivity index (χ1) is 11.6. The van der Waals surface area contributed by atoms with Gasteiger partial charge in [0.15, 0.2) is 0 Å². The minimum atomic E-state index is -0.0322. The van der Waals surface area contributed by atoms with Gasteiger partial charge >= 0.3 is 0 Å². The van der Waals surface area contributed by atoms with Crippen LogP contribution in [0.2, 0.25) is 0 Å². The van der Waals surface area contributed by atoms with Gasteiger partial charge < -0.3 is 15.3 Å². The van der Waals surface area contributed by atoms with Crippen molar-refractivity contribution in [3.8, 4) is 0 Å². The fraction of sp³-hybridized carbons (Fsp3) is 0.579. The summed E-state index contributed by atoms with van der Waals surface area (Å²) in [7, 11) is 0. The van der Waals surface area contributed by atoms with Crippen molar-refractivity contribution in [2.45, 2.75) is 45.4 Å². The Hall–Kier alpha value is -1.88. The van der Waals surface area contributed by atoms with Gasteiger partial charge in [0.25, 0.3) is 5.91 Å². The Morgan fingerprint density at radius 3 is 2.92 bits per heavy atom. The lowest BCUT2D eigenvalue weighted by atomic mass is 9.98. The molecule has 132 valence electrons. The lowest BCUT2D eigenvalue weighted by molar-refractivity contribution is -0.116. The van der Waals surface area contributed by atoms with Crippen molar-refractivity contribution in [2.24, 2.45) is 5.92 Å². The van der Waals surface area contributed by atoms with Gasteiger partial charge in [-0.25, -0.2) is 0 Å². The van der Waals surface area contributed by atoms with Gasteiger partial charge in [-0.05, 0) is 43.4 Å². The van der Waals surface area contributed by atoms with Crippen LogP contribution in [0.1, 0.15) is 55.8 Å². The summed E-state index contributed by atoms with van der Waals surface area (Å²) >= 11 is 0. The largest absolute Gasteiger partial charge is 0.396 e. The second kappa shape index (κ2) is 9.42. The number of hydrogen-bond acceptors (Lipinski definition) is 3. The highest BCUT2D eigenvalue weighted by Crippen LogP contribution is 2.20. The molecule has 0 bridgehead atoms. The number of aliphatic hydroxyl groups is 1. The number of nitrogens with zero attached hydrogens (tertiary/aromatic N) is 1. The van der Waals surface area contributed by atoms with E-state index >= 15 is 0 Å². The van der Waals surface area contributed by atoms with Gasteiger partial charge in [0, 0.05) is 37.4 Å². The molecule has 2 N–H and O–H groups in total. The molecule has 24 heavy (non-hydrogen) atoms. The summed E-state index contributed by atoms with van der Waals surface area (Å²) in [5.74, 6) is 0.130. The van der Waals surface area contributed by atoms with E-state index in [1.54, 1.807) is 29.2 Å². The summed E-state index contributed by atoms with van der Waals surface area (Å²) in [6.07, 6.45) is 5.42. The molecular weight excluding hydrogens is 304 g/mol. The molecule has 1 aromatic rings. The SMILES string of the molecule is CCCCCC(=O)Nc1cccc(C(=O)N2CCCC(CO)C2)c1. The van der Waals surface area contributed by atoms with Crippen molar-refractivity contribution in [3.63, 3.8) is 0 Å². The van der Waals surface area contributed by atoms with Gasteiger partial charge in [-0.15, -0.1) is 0 Å². The zero-order valence-corrected chi connectivity index (χ0v) is 14.5. The number of carbonyl (C=O) groups excluding carboxylic acids is 2. The Labute approximate surface area is 144 Å². The first-order valence-electron chi connectivity index (χ1n) is 8.94. The normalized spacial score (nSPS) is 17.6. The molecule has 1 fully saturated rings. The summed E-state index contributed by atoms with van der Waals surface area (Å²) in [5.41, 5.74) is 1.25. The molecule has 1 heterocycles. The maximum atomic E-state index is 12.6. The minimum Gasteiger partial charge on any atom is -0.396 e. The van der Waals surface area contributed by atoms with Crippen LogP contribution in [0.5, 0.6) is 0 Å². The summed E-state index contributed by atoms with van der Waals surface area (Å²) in [4.78, 5) is 26.4. The predicted molar refractivity (Wildman–Crippen MR) is 94.9 cm³/mol. The van der Waals surface area contributed by atoms with E-state index in [9.17, 15) is 14.7 Å². The van der Waals surface area contributed by atoms with E-state index in [2.05, 4.69) is 12.2 Å². The van der Waals surface area contributed by atoms with Crippen molar-refractivity contribution in [3.05, 3.63) is 29.8 Å². The lowest BCUT2D eigenvalue weighted by Crippen LogP contribution is -2.40. The van der Waals surface area contributed by atoms with Gasteiger partial charge in [-0.1, -0.05) is 25.8 Å². The molecule has 1 unspecified atom stereocenters. The highest BCUT2D eigenvalue weighted by molar-refractivity contribution is 5.97. The number of rotatable bonds is 7. The molecular formula is C19H28N2O3. The molecule has 0 aliphatic carbocycles. The first kappa shape index (κ1) is 18.5. The monoisotopic (exact) mass is 332 g/mol. The molecule has 1 saturated heterocycles. The standard InChI is InChI=1S/C19H28N2O3/c1-2-3-4-10-18(23)20-17-9-5-8-16(12-17)19(24)21-11-6-7-15(13-21)14-22/h5,8-9,12,15,22H,2-4,6-7,10-11,13-14H2,1H3,(H,20,23). The summed E-state index contributed by atoms with van der Waals surface area (Å²) in [6, 6.07) is 7.11. The second-order valence-corrected chi connectivity index (χ2v) is 6.53. The van der Waals surface area contributed by atoms with E-state index in [1.165, 1.54) is 0 Å². The Morgan fingerprint density at radius 1 is 1.33 bits per heavy atom. The number of nitrogens with one attached hydrogen (secondary N) is 1. The van der Waals surface area contributed by atoms with Crippen LogP contribution in [0.25, 0.3) is 0 Å². The van der Waals surface area contributed by atoms with E-state index in [0.29, 0.717) is 24.2 Å². The number of aliphatic hydroxyl groups excluding tert-OH is 1. The molecule has 1 atom stereocenters.